The molecule has 0 aliphatic rings. The number of carbonyl (C=O) groups excluding carboxylic acids is 1. The van der Waals surface area contributed by atoms with E-state index in [0.29, 0.717) is 0 Å². The molecular formula is CH4K2N2O4S2. The van der Waals surface area contributed by atoms with Crippen LogP contribution in [-0.2, 0) is 20.2 Å². The van der Waals surface area contributed by atoms with Crippen molar-refractivity contribution in [3.05, 3.63) is 0 Å². The molecule has 0 aromatic carbocycles. The summed E-state index contributed by atoms with van der Waals surface area (Å²) in [5.74, 6) is 0. The number of primary amides is 2. The predicted molar refractivity (Wildman–Crippen MR) is 30.8 cm³/mol. The zero-order valence-electron chi connectivity index (χ0n) is 6.10. The Morgan fingerprint density at radius 3 is 1.27 bits per heavy atom. The van der Waals surface area contributed by atoms with Crippen LogP contribution in [0.3, 0.4) is 0 Å². The first kappa shape index (κ1) is 23.6. The third kappa shape index (κ3) is 188. The molecule has 0 saturated carbocycles. The molecule has 56 valence electrons. The Labute approximate surface area is 154 Å². The number of carbonyl (C=O) groups is 1. The van der Waals surface area contributed by atoms with E-state index in [1.807, 2.05) is 0 Å². The number of rotatable bonds is 0. The van der Waals surface area contributed by atoms with Crippen LogP contribution in [0.5, 0.6) is 0 Å². The summed E-state index contributed by atoms with van der Waals surface area (Å²) in [7, 11) is -4.33. The van der Waals surface area contributed by atoms with Gasteiger partial charge in [-0.15, -0.1) is 9.05 Å². The molecule has 0 rings (SSSR count). The van der Waals surface area contributed by atoms with E-state index in [0.717, 1.165) is 0 Å². The molecule has 4 N–H and O–H groups in total. The van der Waals surface area contributed by atoms with E-state index in [-0.39, 0.29) is 103 Å². The van der Waals surface area contributed by atoms with E-state index < -0.39 is 15.1 Å². The first-order chi connectivity index (χ1) is 3.73. The van der Waals surface area contributed by atoms with Crippen LogP contribution in [-0.4, -0.2) is 19.3 Å². The summed E-state index contributed by atoms with van der Waals surface area (Å²) >= 11 is 3.24. The van der Waals surface area contributed by atoms with Gasteiger partial charge in [0.2, 0.25) is 0 Å². The van der Waals surface area contributed by atoms with Crippen molar-refractivity contribution in [2.45, 2.75) is 0 Å². The van der Waals surface area contributed by atoms with Crippen LogP contribution in [0, 0.1) is 0 Å². The summed E-state index contributed by atoms with van der Waals surface area (Å²) < 4.78 is 26.7. The molecule has 0 radical (unpaired) electrons. The van der Waals surface area contributed by atoms with Crippen molar-refractivity contribution in [3.8, 4) is 0 Å². The zero-order valence-corrected chi connectivity index (χ0v) is 14.0. The Balaban J connectivity index is -0.0000000383. The second kappa shape index (κ2) is 12.8. The van der Waals surface area contributed by atoms with Crippen molar-refractivity contribution in [3.63, 3.8) is 0 Å². The van der Waals surface area contributed by atoms with Gasteiger partial charge < -0.3 is 20.6 Å². The van der Waals surface area contributed by atoms with E-state index in [1.165, 1.54) is 0 Å². The van der Waals surface area contributed by atoms with Crippen molar-refractivity contribution >= 4 is 26.3 Å². The molecule has 0 saturated heterocycles. The third-order valence-electron chi connectivity index (χ3n) is 0. The maximum atomic E-state index is 9.00. The van der Waals surface area contributed by atoms with Gasteiger partial charge in [0.25, 0.3) is 0 Å². The Morgan fingerprint density at radius 1 is 1.27 bits per heavy atom. The van der Waals surface area contributed by atoms with Gasteiger partial charge in [-0.05, 0) is 11.2 Å². The zero-order chi connectivity index (χ0) is 8.08. The number of hydrogen-bond acceptors (Lipinski definition) is 5. The molecule has 2 amide bonds. The molecule has 0 bridgehead atoms. The Kier molecular flexibility index (Phi) is 27.5. The summed E-state index contributed by atoms with van der Waals surface area (Å²) in [4.78, 5) is 9.00. The molecule has 0 atom stereocenters. The van der Waals surface area contributed by atoms with Crippen molar-refractivity contribution in [1.82, 2.24) is 0 Å². The molecule has 0 spiro atoms. The minimum atomic E-state index is -4.33. The van der Waals surface area contributed by atoms with Gasteiger partial charge in [0, 0.05) is 0 Å². The molecule has 0 unspecified atom stereocenters. The summed E-state index contributed by atoms with van der Waals surface area (Å²) in [5, 5.41) is 0. The third-order valence-corrected chi connectivity index (χ3v) is 0. The van der Waals surface area contributed by atoms with Gasteiger partial charge in [0.15, 0.2) is 0 Å². The Hall–Kier alpha value is 2.83. The fraction of sp³-hybridized carbons (Fsp3) is 0. The molecule has 10 heteroatoms. The predicted octanol–water partition coefficient (Wildman–Crippen LogP) is -7.97. The van der Waals surface area contributed by atoms with Gasteiger partial charge in [-0.25, -0.2) is 4.79 Å². The normalized spacial score (nSPS) is 7.45. The number of urea groups is 1. The van der Waals surface area contributed by atoms with E-state index in [4.69, 9.17) is 18.1 Å². The molecule has 0 heterocycles. The number of hydrogen-bond donors (Lipinski definition) is 2. The number of amides is 2. The minimum absolute atomic E-state index is 0. The molecule has 0 aromatic heterocycles. The summed E-state index contributed by atoms with van der Waals surface area (Å²) in [5.41, 5.74) is 8.50. The van der Waals surface area contributed by atoms with Crippen molar-refractivity contribution in [1.29, 1.82) is 0 Å². The first-order valence-corrected chi connectivity index (χ1v) is 3.78. The Morgan fingerprint density at radius 2 is 1.27 bits per heavy atom. The SMILES string of the molecule is NC(N)=O.O=S([O-])([O-])=S.[K+].[K+]. The molecule has 0 aromatic rings. The molecule has 6 nitrogen and oxygen atoms in total. The van der Waals surface area contributed by atoms with Crippen molar-refractivity contribution in [2.24, 2.45) is 11.5 Å². The van der Waals surface area contributed by atoms with Gasteiger partial charge in [-0.1, -0.05) is 0 Å². The summed E-state index contributed by atoms with van der Waals surface area (Å²) in [6.45, 7) is 0. The van der Waals surface area contributed by atoms with E-state index in [2.05, 4.69) is 22.7 Å². The maximum Gasteiger partial charge on any atom is 1.00 e. The summed E-state index contributed by atoms with van der Waals surface area (Å²) in [6, 6.07) is -0.833. The van der Waals surface area contributed by atoms with Crippen LogP contribution in [0.1, 0.15) is 0 Å². The van der Waals surface area contributed by atoms with Gasteiger partial charge >= 0.3 is 109 Å². The minimum Gasteiger partial charge on any atom is -0.780 e. The number of nitrogens with two attached hydrogens (primary N) is 2. The fourth-order valence-corrected chi connectivity index (χ4v) is 0. The monoisotopic (exact) mass is 250 g/mol. The summed E-state index contributed by atoms with van der Waals surface area (Å²) in [6.07, 6.45) is 0. The van der Waals surface area contributed by atoms with Crippen molar-refractivity contribution in [2.75, 3.05) is 0 Å². The van der Waals surface area contributed by atoms with Gasteiger partial charge in [0.05, 0.1) is 0 Å². The average molecular weight is 250 g/mol. The standard InChI is InChI=1S/CH4N2O.2K.H2O3S2/c2-1(3)4;;;1-5(2,3)4/h(H4,2,3,4);;;(H2,1,2,3,4)/q;2*+1;/p-2. The average Bonchev–Trinajstić information content (AvgIpc) is 1.19. The van der Waals surface area contributed by atoms with Crippen LogP contribution in [0.25, 0.3) is 0 Å². The smallest absolute Gasteiger partial charge is 0.780 e. The van der Waals surface area contributed by atoms with Crippen LogP contribution >= 0.6 is 0 Å². The van der Waals surface area contributed by atoms with Gasteiger partial charge in [0.1, 0.15) is 0 Å². The quantitative estimate of drug-likeness (QED) is 0.412. The van der Waals surface area contributed by atoms with Crippen LogP contribution in [0.2, 0.25) is 0 Å². The fourth-order valence-electron chi connectivity index (χ4n) is 0. The molecule has 0 fully saturated rings. The molecule has 11 heavy (non-hydrogen) atoms. The van der Waals surface area contributed by atoms with Crippen LogP contribution in [0.4, 0.5) is 4.79 Å². The maximum absolute atomic E-state index is 9.00. The Bertz CT molecular complexity index is 167. The van der Waals surface area contributed by atoms with Gasteiger partial charge in [-0.2, -0.15) is 0 Å². The first-order valence-electron chi connectivity index (χ1n) is 1.45. The van der Waals surface area contributed by atoms with Crippen LogP contribution < -0.4 is 114 Å². The topological polar surface area (TPSA) is 132 Å². The van der Waals surface area contributed by atoms with E-state index in [9.17, 15) is 0 Å². The van der Waals surface area contributed by atoms with E-state index in [1.54, 1.807) is 0 Å². The molecule has 0 aliphatic carbocycles. The van der Waals surface area contributed by atoms with Crippen LogP contribution in [0.15, 0.2) is 0 Å². The molecular weight excluding hydrogens is 246 g/mol. The van der Waals surface area contributed by atoms with E-state index >= 15 is 0 Å². The second-order valence-corrected chi connectivity index (χ2v) is 2.85. The largest absolute Gasteiger partial charge is 1.00 e. The molecule has 0 aliphatic heterocycles. The van der Waals surface area contributed by atoms with Crippen molar-refractivity contribution < 1.29 is 121 Å². The second-order valence-electron chi connectivity index (χ2n) is 0.811. The van der Waals surface area contributed by atoms with Gasteiger partial charge in [-0.3, -0.25) is 4.21 Å².